The van der Waals surface area contributed by atoms with Crippen molar-refractivity contribution in [2.75, 3.05) is 0 Å². The fraction of sp³-hybridized carbons (Fsp3) is 0.500. The van der Waals surface area contributed by atoms with Gasteiger partial charge in [-0.25, -0.2) is 0 Å². The predicted molar refractivity (Wildman–Crippen MR) is 48.3 cm³/mol. The Kier molecular flexibility index (Phi) is 2.52. The zero-order valence-electron chi connectivity index (χ0n) is 5.19. The van der Waals surface area contributed by atoms with E-state index in [1.165, 1.54) is 0 Å². The maximum Gasteiger partial charge on any atom is 0.146 e. The minimum atomic E-state index is 0.107. The number of nitrogens with one attached hydrogen (secondary N) is 1. The van der Waals surface area contributed by atoms with Gasteiger partial charge < -0.3 is 10.5 Å². The Labute approximate surface area is 76.1 Å². The third kappa shape index (κ3) is 1.61. The molecule has 0 aromatic carbocycles. The maximum absolute atomic E-state index is 9.15. The molecule has 0 spiro atoms. The van der Waals surface area contributed by atoms with E-state index in [9.17, 15) is 0 Å². The molecule has 2 N–H and O–H groups in total. The first kappa shape index (κ1) is 8.27. The molecule has 1 atom stereocenters. The lowest BCUT2D eigenvalue weighted by molar-refractivity contribution is 0.431. The second-order valence-electron chi connectivity index (χ2n) is 2.24. The minimum absolute atomic E-state index is 0.107. The van der Waals surface area contributed by atoms with Crippen LogP contribution in [-0.2, 0) is 0 Å². The molecular weight excluding hydrogens is 262 g/mol. The van der Waals surface area contributed by atoms with Crippen LogP contribution in [0.2, 0.25) is 0 Å². The summed E-state index contributed by atoms with van der Waals surface area (Å²) < 4.78 is 0.727. The highest BCUT2D eigenvalue weighted by atomic mass is 79.9. The average Bonchev–Trinajstić information content (AvgIpc) is 1.82. The lowest BCUT2D eigenvalue weighted by atomic mass is 10.0. The molecule has 0 fully saturated rings. The van der Waals surface area contributed by atoms with Crippen LogP contribution in [-0.4, -0.2) is 15.6 Å². The fourth-order valence-electron chi connectivity index (χ4n) is 0.845. The molecule has 0 bridgehead atoms. The van der Waals surface area contributed by atoms with Crippen LogP contribution in [0.15, 0.2) is 10.2 Å². The Morgan fingerprint density at radius 3 is 2.60 bits per heavy atom. The summed E-state index contributed by atoms with van der Waals surface area (Å²) in [5.41, 5.74) is 0.306. The van der Waals surface area contributed by atoms with Gasteiger partial charge in [-0.15, -0.1) is 0 Å². The van der Waals surface area contributed by atoms with E-state index in [2.05, 4.69) is 31.9 Å². The Bertz CT molecular complexity index is 200. The summed E-state index contributed by atoms with van der Waals surface area (Å²) in [6, 6.07) is 0. The van der Waals surface area contributed by atoms with Gasteiger partial charge in [0.25, 0.3) is 0 Å². The largest absolute Gasteiger partial charge is 0.505 e. The third-order valence-corrected chi connectivity index (χ3v) is 2.72. The molecule has 0 aromatic rings. The van der Waals surface area contributed by atoms with Crippen LogP contribution in [0.5, 0.6) is 0 Å². The lowest BCUT2D eigenvalue weighted by Gasteiger charge is -2.17. The molecular formula is C6H7Br2NO. The number of hydrogen-bond acceptors (Lipinski definition) is 2. The van der Waals surface area contributed by atoms with Crippen molar-refractivity contribution in [1.29, 1.82) is 5.41 Å². The molecule has 1 rings (SSSR count). The van der Waals surface area contributed by atoms with Crippen molar-refractivity contribution < 1.29 is 5.11 Å². The molecule has 0 saturated heterocycles. The van der Waals surface area contributed by atoms with Gasteiger partial charge >= 0.3 is 0 Å². The molecule has 0 aromatic heterocycles. The van der Waals surface area contributed by atoms with Gasteiger partial charge in [-0.1, -0.05) is 31.9 Å². The van der Waals surface area contributed by atoms with E-state index in [0.717, 1.165) is 10.9 Å². The van der Waals surface area contributed by atoms with Crippen molar-refractivity contribution in [3.05, 3.63) is 10.2 Å². The molecule has 1 unspecified atom stereocenters. The van der Waals surface area contributed by atoms with Crippen LogP contribution in [0, 0.1) is 5.41 Å². The van der Waals surface area contributed by atoms with Gasteiger partial charge in [-0.05, 0) is 6.42 Å². The first-order valence-corrected chi connectivity index (χ1v) is 4.61. The van der Waals surface area contributed by atoms with Gasteiger partial charge in [-0.2, -0.15) is 0 Å². The molecule has 1 aliphatic carbocycles. The molecule has 0 amide bonds. The predicted octanol–water partition coefficient (Wildman–Crippen LogP) is 2.73. The standard InChI is InChI=1S/C6H7Br2NO/c7-3-1-4(8)6(10)5(9)2-3/h3,9-10H,1-2H2. The van der Waals surface area contributed by atoms with Crippen LogP contribution >= 0.6 is 31.9 Å². The monoisotopic (exact) mass is 267 g/mol. The van der Waals surface area contributed by atoms with Crippen LogP contribution in [0.25, 0.3) is 0 Å². The minimum Gasteiger partial charge on any atom is -0.505 e. The Morgan fingerprint density at radius 2 is 2.10 bits per heavy atom. The van der Waals surface area contributed by atoms with E-state index >= 15 is 0 Å². The number of alkyl halides is 1. The van der Waals surface area contributed by atoms with Crippen LogP contribution in [0.1, 0.15) is 12.8 Å². The highest BCUT2D eigenvalue weighted by molar-refractivity contribution is 9.12. The van der Waals surface area contributed by atoms with E-state index in [1.807, 2.05) is 0 Å². The molecule has 4 heteroatoms. The number of rotatable bonds is 0. The van der Waals surface area contributed by atoms with Crippen LogP contribution in [0.3, 0.4) is 0 Å². The van der Waals surface area contributed by atoms with Gasteiger partial charge in [0.1, 0.15) is 5.76 Å². The number of aliphatic hydroxyl groups is 1. The topological polar surface area (TPSA) is 44.1 Å². The quantitative estimate of drug-likeness (QED) is 0.652. The van der Waals surface area contributed by atoms with Gasteiger partial charge in [0, 0.05) is 15.7 Å². The summed E-state index contributed by atoms with van der Waals surface area (Å²) in [5, 5.41) is 16.4. The normalized spacial score (nSPS) is 27.4. The van der Waals surface area contributed by atoms with Gasteiger partial charge in [-0.3, -0.25) is 0 Å². The molecule has 0 radical (unpaired) electrons. The van der Waals surface area contributed by atoms with Crippen molar-refractivity contribution >= 4 is 37.6 Å². The zero-order chi connectivity index (χ0) is 7.72. The number of allylic oxidation sites excluding steroid dienone is 2. The van der Waals surface area contributed by atoms with E-state index in [0.29, 0.717) is 17.0 Å². The Balaban J connectivity index is 2.85. The van der Waals surface area contributed by atoms with Crippen molar-refractivity contribution in [2.24, 2.45) is 0 Å². The van der Waals surface area contributed by atoms with Gasteiger partial charge in [0.05, 0.1) is 5.71 Å². The molecule has 10 heavy (non-hydrogen) atoms. The first-order chi connectivity index (χ1) is 4.61. The fourth-order valence-corrected chi connectivity index (χ4v) is 2.56. The lowest BCUT2D eigenvalue weighted by Crippen LogP contribution is -2.16. The van der Waals surface area contributed by atoms with Crippen LogP contribution in [0.4, 0.5) is 0 Å². The van der Waals surface area contributed by atoms with E-state index in [4.69, 9.17) is 10.5 Å². The smallest absolute Gasteiger partial charge is 0.146 e. The first-order valence-electron chi connectivity index (χ1n) is 2.90. The molecule has 0 aliphatic heterocycles. The number of aliphatic hydroxyl groups excluding tert-OH is 1. The molecule has 56 valence electrons. The zero-order valence-corrected chi connectivity index (χ0v) is 8.37. The molecule has 0 saturated carbocycles. The highest BCUT2D eigenvalue weighted by Crippen LogP contribution is 2.29. The Hall–Kier alpha value is 0.170. The number of halogens is 2. The summed E-state index contributed by atoms with van der Waals surface area (Å²) in [5.74, 6) is 0.107. The molecule has 1 aliphatic rings. The molecule has 2 nitrogen and oxygen atoms in total. The summed E-state index contributed by atoms with van der Waals surface area (Å²) in [7, 11) is 0. The number of hydrogen-bond donors (Lipinski definition) is 2. The van der Waals surface area contributed by atoms with Crippen LogP contribution < -0.4 is 0 Å². The van der Waals surface area contributed by atoms with Crippen molar-refractivity contribution in [1.82, 2.24) is 0 Å². The van der Waals surface area contributed by atoms with E-state index < -0.39 is 0 Å². The van der Waals surface area contributed by atoms with E-state index in [-0.39, 0.29) is 5.76 Å². The van der Waals surface area contributed by atoms with Crippen molar-refractivity contribution in [3.8, 4) is 0 Å². The van der Waals surface area contributed by atoms with Gasteiger partial charge in [0.2, 0.25) is 0 Å². The average molecular weight is 269 g/mol. The Morgan fingerprint density at radius 1 is 1.50 bits per heavy atom. The highest BCUT2D eigenvalue weighted by Gasteiger charge is 2.21. The summed E-state index contributed by atoms with van der Waals surface area (Å²) in [6.07, 6.45) is 1.38. The second kappa shape index (κ2) is 3.05. The maximum atomic E-state index is 9.15. The molecule has 0 heterocycles. The van der Waals surface area contributed by atoms with Crippen molar-refractivity contribution in [2.45, 2.75) is 17.7 Å². The second-order valence-corrected chi connectivity index (χ2v) is 4.49. The van der Waals surface area contributed by atoms with Gasteiger partial charge in [0.15, 0.2) is 0 Å². The summed E-state index contributed by atoms with van der Waals surface area (Å²) in [6.45, 7) is 0. The third-order valence-electron chi connectivity index (χ3n) is 1.37. The van der Waals surface area contributed by atoms with E-state index in [1.54, 1.807) is 0 Å². The SMILES string of the molecule is N=C1CC(Br)CC(Br)=C1O. The summed E-state index contributed by atoms with van der Waals surface area (Å²) >= 11 is 6.57. The summed E-state index contributed by atoms with van der Waals surface area (Å²) in [4.78, 5) is 0.297. The van der Waals surface area contributed by atoms with Crippen molar-refractivity contribution in [3.63, 3.8) is 0 Å².